The maximum atomic E-state index is 12.8. The molecular formula is C25H36N4O. The van der Waals surface area contributed by atoms with Crippen molar-refractivity contribution in [2.45, 2.75) is 26.3 Å². The molecule has 2 N–H and O–H groups in total. The molecule has 0 aromatic heterocycles. The fourth-order valence-corrected chi connectivity index (χ4v) is 3.95. The number of benzene rings is 2. The maximum Gasteiger partial charge on any atom is 0.315 e. The molecule has 0 radical (unpaired) electrons. The number of rotatable bonds is 8. The highest BCUT2D eigenvalue weighted by Crippen LogP contribution is 2.21. The SMILES string of the molecule is CN1CCN(CC(NC(=O)NCC(C)(C)Cc2ccccc2)c2ccccc2)CC1. The monoisotopic (exact) mass is 408 g/mol. The molecule has 2 aromatic carbocycles. The van der Waals surface area contributed by atoms with Gasteiger partial charge in [0, 0.05) is 39.3 Å². The van der Waals surface area contributed by atoms with Crippen LogP contribution in [0.1, 0.15) is 31.0 Å². The lowest BCUT2D eigenvalue weighted by molar-refractivity contribution is 0.142. The second-order valence-electron chi connectivity index (χ2n) is 9.22. The molecule has 2 amide bonds. The molecule has 0 aliphatic carbocycles. The zero-order valence-electron chi connectivity index (χ0n) is 18.6. The van der Waals surface area contributed by atoms with Crippen molar-refractivity contribution < 1.29 is 4.79 Å². The van der Waals surface area contributed by atoms with E-state index in [1.165, 1.54) is 5.56 Å². The largest absolute Gasteiger partial charge is 0.338 e. The number of hydrogen-bond donors (Lipinski definition) is 2. The summed E-state index contributed by atoms with van der Waals surface area (Å²) in [5, 5.41) is 6.33. The Bertz CT molecular complexity index is 770. The Morgan fingerprint density at radius 1 is 0.967 bits per heavy atom. The first kappa shape index (κ1) is 22.3. The van der Waals surface area contributed by atoms with Crippen molar-refractivity contribution in [1.29, 1.82) is 0 Å². The molecule has 30 heavy (non-hydrogen) atoms. The third kappa shape index (κ3) is 7.15. The highest BCUT2D eigenvalue weighted by molar-refractivity contribution is 5.74. The Morgan fingerprint density at radius 3 is 2.20 bits per heavy atom. The van der Waals surface area contributed by atoms with Crippen molar-refractivity contribution in [2.75, 3.05) is 46.3 Å². The number of carbonyl (C=O) groups excluding carboxylic acids is 1. The van der Waals surface area contributed by atoms with E-state index in [4.69, 9.17) is 0 Å². The molecule has 0 saturated carbocycles. The van der Waals surface area contributed by atoms with Gasteiger partial charge >= 0.3 is 6.03 Å². The number of hydrogen-bond acceptors (Lipinski definition) is 3. The number of likely N-dealkylation sites (N-methyl/N-ethyl adjacent to an activating group) is 1. The van der Waals surface area contributed by atoms with Gasteiger partial charge in [0.1, 0.15) is 0 Å². The number of nitrogens with one attached hydrogen (secondary N) is 2. The van der Waals surface area contributed by atoms with Gasteiger partial charge in [-0.05, 0) is 30.0 Å². The van der Waals surface area contributed by atoms with Gasteiger partial charge in [0.05, 0.1) is 6.04 Å². The highest BCUT2D eigenvalue weighted by atomic mass is 16.2. The summed E-state index contributed by atoms with van der Waals surface area (Å²) in [5.74, 6) is 0. The van der Waals surface area contributed by atoms with Gasteiger partial charge in [-0.1, -0.05) is 74.5 Å². The Balaban J connectivity index is 1.56. The second kappa shape index (κ2) is 10.6. The van der Waals surface area contributed by atoms with Gasteiger partial charge in [0.25, 0.3) is 0 Å². The Hall–Kier alpha value is -2.37. The summed E-state index contributed by atoms with van der Waals surface area (Å²) >= 11 is 0. The Morgan fingerprint density at radius 2 is 1.57 bits per heavy atom. The van der Waals surface area contributed by atoms with E-state index in [-0.39, 0.29) is 17.5 Å². The molecule has 162 valence electrons. The van der Waals surface area contributed by atoms with E-state index in [2.05, 4.69) is 77.7 Å². The molecule has 5 nitrogen and oxygen atoms in total. The topological polar surface area (TPSA) is 47.6 Å². The van der Waals surface area contributed by atoms with Gasteiger partial charge in [-0.15, -0.1) is 0 Å². The fourth-order valence-electron chi connectivity index (χ4n) is 3.95. The molecule has 1 aliphatic heterocycles. The predicted octanol–water partition coefficient (Wildman–Crippen LogP) is 3.54. The number of amides is 2. The quantitative estimate of drug-likeness (QED) is 0.702. The molecule has 1 unspecified atom stereocenters. The first-order valence-electron chi connectivity index (χ1n) is 11.0. The van der Waals surface area contributed by atoms with Crippen LogP contribution in [0.4, 0.5) is 4.79 Å². The number of piperazine rings is 1. The minimum atomic E-state index is -0.0980. The standard InChI is InChI=1S/C25H36N4O/c1-25(2,18-21-10-6-4-7-11-21)20-26-24(30)27-23(22-12-8-5-9-13-22)19-29-16-14-28(3)15-17-29/h4-13,23H,14-20H2,1-3H3,(H2,26,27,30). The van der Waals surface area contributed by atoms with Crippen molar-refractivity contribution >= 4 is 6.03 Å². The molecule has 2 aromatic rings. The summed E-state index contributed by atoms with van der Waals surface area (Å²) < 4.78 is 0. The van der Waals surface area contributed by atoms with Gasteiger partial charge < -0.3 is 15.5 Å². The lowest BCUT2D eigenvalue weighted by Crippen LogP contribution is -2.49. The minimum absolute atomic E-state index is 0.0155. The van der Waals surface area contributed by atoms with Crippen LogP contribution < -0.4 is 10.6 Å². The summed E-state index contributed by atoms with van der Waals surface area (Å²) in [5.41, 5.74) is 2.43. The first-order valence-corrected chi connectivity index (χ1v) is 11.0. The second-order valence-corrected chi connectivity index (χ2v) is 9.22. The molecule has 1 aliphatic rings. The van der Waals surface area contributed by atoms with E-state index in [0.29, 0.717) is 6.54 Å². The molecule has 3 rings (SSSR count). The van der Waals surface area contributed by atoms with E-state index in [1.807, 2.05) is 24.3 Å². The van der Waals surface area contributed by atoms with Crippen LogP contribution in [-0.4, -0.2) is 62.1 Å². The van der Waals surface area contributed by atoms with Crippen molar-refractivity contribution in [3.05, 3.63) is 71.8 Å². The van der Waals surface area contributed by atoms with Crippen LogP contribution in [0.5, 0.6) is 0 Å². The van der Waals surface area contributed by atoms with Crippen molar-refractivity contribution in [3.8, 4) is 0 Å². The minimum Gasteiger partial charge on any atom is -0.338 e. The summed E-state index contributed by atoms with van der Waals surface area (Å²) in [4.78, 5) is 17.6. The molecule has 1 fully saturated rings. The molecule has 1 heterocycles. The van der Waals surface area contributed by atoms with E-state index in [1.54, 1.807) is 0 Å². The molecular weight excluding hydrogens is 372 g/mol. The first-order chi connectivity index (χ1) is 14.4. The average molecular weight is 409 g/mol. The van der Waals surface area contributed by atoms with Crippen LogP contribution in [0.15, 0.2) is 60.7 Å². The Labute approximate surface area is 181 Å². The molecule has 1 saturated heterocycles. The van der Waals surface area contributed by atoms with Crippen molar-refractivity contribution in [2.24, 2.45) is 5.41 Å². The van der Waals surface area contributed by atoms with Crippen LogP contribution >= 0.6 is 0 Å². The summed E-state index contributed by atoms with van der Waals surface area (Å²) in [7, 11) is 2.16. The normalized spacial score (nSPS) is 16.8. The third-order valence-corrected chi connectivity index (χ3v) is 5.80. The third-order valence-electron chi connectivity index (χ3n) is 5.80. The average Bonchev–Trinajstić information content (AvgIpc) is 2.74. The number of carbonyl (C=O) groups is 1. The number of urea groups is 1. The summed E-state index contributed by atoms with van der Waals surface area (Å²) in [6.45, 7) is 10.1. The van der Waals surface area contributed by atoms with E-state index < -0.39 is 0 Å². The van der Waals surface area contributed by atoms with Crippen LogP contribution in [0, 0.1) is 5.41 Å². The zero-order chi connectivity index (χ0) is 21.4. The fraction of sp³-hybridized carbons (Fsp3) is 0.480. The van der Waals surface area contributed by atoms with E-state index in [0.717, 1.165) is 44.7 Å². The summed E-state index contributed by atoms with van der Waals surface area (Å²) in [6.07, 6.45) is 0.928. The van der Waals surface area contributed by atoms with E-state index in [9.17, 15) is 4.79 Å². The lowest BCUT2D eigenvalue weighted by atomic mass is 9.86. The highest BCUT2D eigenvalue weighted by Gasteiger charge is 2.23. The van der Waals surface area contributed by atoms with Crippen LogP contribution in [0.2, 0.25) is 0 Å². The molecule has 5 heteroatoms. The van der Waals surface area contributed by atoms with E-state index >= 15 is 0 Å². The Kier molecular flexibility index (Phi) is 7.88. The zero-order valence-corrected chi connectivity index (χ0v) is 18.6. The predicted molar refractivity (Wildman–Crippen MR) is 124 cm³/mol. The molecule has 1 atom stereocenters. The van der Waals surface area contributed by atoms with Crippen molar-refractivity contribution in [1.82, 2.24) is 20.4 Å². The van der Waals surface area contributed by atoms with Gasteiger partial charge in [0.15, 0.2) is 0 Å². The smallest absolute Gasteiger partial charge is 0.315 e. The maximum absolute atomic E-state index is 12.8. The van der Waals surface area contributed by atoms with Crippen LogP contribution in [0.25, 0.3) is 0 Å². The van der Waals surface area contributed by atoms with Gasteiger partial charge in [-0.25, -0.2) is 4.79 Å². The molecule has 0 bridgehead atoms. The van der Waals surface area contributed by atoms with Gasteiger partial charge in [0.2, 0.25) is 0 Å². The van der Waals surface area contributed by atoms with Crippen LogP contribution in [0.3, 0.4) is 0 Å². The number of nitrogens with zero attached hydrogens (tertiary/aromatic N) is 2. The summed E-state index contributed by atoms with van der Waals surface area (Å²) in [6, 6.07) is 20.6. The van der Waals surface area contributed by atoms with Gasteiger partial charge in [-0.3, -0.25) is 4.90 Å². The molecule has 0 spiro atoms. The lowest BCUT2D eigenvalue weighted by Gasteiger charge is -2.35. The van der Waals surface area contributed by atoms with Crippen molar-refractivity contribution in [3.63, 3.8) is 0 Å². The van der Waals surface area contributed by atoms with Crippen LogP contribution in [-0.2, 0) is 6.42 Å². The van der Waals surface area contributed by atoms with Gasteiger partial charge in [-0.2, -0.15) is 0 Å².